The summed E-state index contributed by atoms with van der Waals surface area (Å²) in [5, 5.41) is 36.3. The van der Waals surface area contributed by atoms with Crippen molar-refractivity contribution in [1.82, 2.24) is 37.2 Å². The molecule has 8 atom stereocenters. The molecule has 0 radical (unpaired) electrons. The molecular weight excluding hydrogens is 821 g/mol. The largest absolute Gasteiger partial charge is 0.481 e. The number of primary amides is 1. The minimum absolute atomic E-state index is 0.0239. The number of hydrogen-bond donors (Lipinski definition) is 13. The van der Waals surface area contributed by atoms with Crippen LogP contribution in [0.1, 0.15) is 58.4 Å². The smallest absolute Gasteiger partial charge is 0.303 e. The summed E-state index contributed by atoms with van der Waals surface area (Å²) in [5.41, 5.74) is 22.7. The lowest BCUT2D eigenvalue weighted by Crippen LogP contribution is -2.61. The number of guanidine groups is 1. The molecule has 0 aliphatic heterocycles. The lowest BCUT2D eigenvalue weighted by molar-refractivity contribution is -0.137. The van der Waals surface area contributed by atoms with Gasteiger partial charge in [-0.15, -0.1) is 0 Å². The fraction of sp³-hybridized carbons (Fsp3) is 0.568. The summed E-state index contributed by atoms with van der Waals surface area (Å²) in [5.74, 6) is -7.64. The van der Waals surface area contributed by atoms with Crippen molar-refractivity contribution in [2.45, 2.75) is 108 Å². The second-order valence-electron chi connectivity index (χ2n) is 14.0. The van der Waals surface area contributed by atoms with Gasteiger partial charge in [0.25, 0.3) is 0 Å². The molecule has 0 fully saturated rings. The molecule has 0 saturated carbocycles. The number of benzene rings is 1. The van der Waals surface area contributed by atoms with E-state index in [-0.39, 0.29) is 51.0 Å². The standard InChI is InChI=1S/C37H60N12O11S/c1-19(44-33(57)23(38)12-13-28(52)53)31(55)48-25(14-16-61-4)35(59)49-29(21(3)50)36(60)45-20(2)32(56)47-24(11-8-15-42-37(40)41)34(58)43-18-27(51)46-26(30(39)54)17-22-9-6-5-7-10-22/h5-7,9-10,19-21,23-26,29,50H,8,11-18,38H2,1-4H3,(H2,39,54)(H,43,58)(H,44,57)(H,45,60)(H,46,51)(H,47,56)(H,48,55)(H,49,59)(H,52,53)(H4,40,41,42)/t19-,20-,21+,23-,24-,25-,26-,29-/m0/s1. The maximum absolute atomic E-state index is 13.4. The molecule has 23 nitrogen and oxygen atoms in total. The number of aliphatic hydroxyl groups is 1. The van der Waals surface area contributed by atoms with E-state index >= 15 is 0 Å². The van der Waals surface area contributed by atoms with Gasteiger partial charge in [-0.05, 0) is 64.0 Å². The Labute approximate surface area is 357 Å². The Morgan fingerprint density at radius 1 is 0.705 bits per heavy atom. The first-order valence-corrected chi connectivity index (χ1v) is 20.7. The van der Waals surface area contributed by atoms with Gasteiger partial charge in [-0.25, -0.2) is 0 Å². The molecule has 0 heterocycles. The molecule has 0 aromatic heterocycles. The number of carbonyl (C=O) groups is 9. The highest BCUT2D eigenvalue weighted by atomic mass is 32.2. The van der Waals surface area contributed by atoms with E-state index in [2.05, 4.69) is 42.2 Å². The number of rotatable bonds is 28. The lowest BCUT2D eigenvalue weighted by Gasteiger charge is -2.27. The normalized spacial score (nSPS) is 14.7. The van der Waals surface area contributed by atoms with Gasteiger partial charge in [0.1, 0.15) is 36.3 Å². The predicted octanol–water partition coefficient (Wildman–Crippen LogP) is -4.84. The third kappa shape index (κ3) is 21.2. The van der Waals surface area contributed by atoms with Gasteiger partial charge in [-0.2, -0.15) is 11.8 Å². The second kappa shape index (κ2) is 27.7. The van der Waals surface area contributed by atoms with Crippen LogP contribution in [-0.4, -0.2) is 143 Å². The van der Waals surface area contributed by atoms with Crippen molar-refractivity contribution >= 4 is 70.9 Å². The number of amides is 8. The number of aliphatic imine (C=N–C) groups is 1. The Balaban J connectivity index is 3.00. The molecule has 1 aromatic rings. The van der Waals surface area contributed by atoms with Gasteiger partial charge in [0.05, 0.1) is 18.7 Å². The first-order valence-electron chi connectivity index (χ1n) is 19.3. The van der Waals surface area contributed by atoms with Gasteiger partial charge in [0.15, 0.2) is 5.96 Å². The maximum Gasteiger partial charge on any atom is 0.303 e. The van der Waals surface area contributed by atoms with E-state index in [1.54, 1.807) is 36.6 Å². The SMILES string of the molecule is CSCC[C@H](NC(=O)[C@H](C)NC(=O)[C@@H](N)CCC(=O)O)C(=O)N[C@H](C(=O)N[C@@H](C)C(=O)N[C@@H](CCCN=C(N)N)C(=O)NCC(=O)N[C@@H](Cc1ccccc1)C(N)=O)[C@@H](C)O. The summed E-state index contributed by atoms with van der Waals surface area (Å²) in [6, 6.07) is -0.205. The third-order valence-corrected chi connectivity index (χ3v) is 9.42. The molecule has 0 saturated heterocycles. The van der Waals surface area contributed by atoms with Crippen LogP contribution < -0.4 is 60.2 Å². The molecule has 0 spiro atoms. The van der Waals surface area contributed by atoms with Crippen LogP contribution in [0.3, 0.4) is 0 Å². The Morgan fingerprint density at radius 2 is 1.28 bits per heavy atom. The Morgan fingerprint density at radius 3 is 1.80 bits per heavy atom. The van der Waals surface area contributed by atoms with Crippen molar-refractivity contribution in [3.8, 4) is 0 Å². The fourth-order valence-electron chi connectivity index (χ4n) is 5.30. The van der Waals surface area contributed by atoms with Crippen LogP contribution in [0.4, 0.5) is 0 Å². The van der Waals surface area contributed by atoms with Crippen molar-refractivity contribution < 1.29 is 53.4 Å². The van der Waals surface area contributed by atoms with Crippen LogP contribution in [0, 0.1) is 0 Å². The van der Waals surface area contributed by atoms with E-state index in [0.29, 0.717) is 5.75 Å². The molecule has 0 aliphatic rings. The molecule has 1 rings (SSSR count). The summed E-state index contributed by atoms with van der Waals surface area (Å²) in [7, 11) is 0. The molecule has 8 amide bonds. The van der Waals surface area contributed by atoms with Gasteiger partial charge in [-0.1, -0.05) is 30.3 Å². The summed E-state index contributed by atoms with van der Waals surface area (Å²) in [6.45, 7) is 3.30. The van der Waals surface area contributed by atoms with Crippen LogP contribution in [0.5, 0.6) is 0 Å². The monoisotopic (exact) mass is 880 g/mol. The van der Waals surface area contributed by atoms with Crippen molar-refractivity contribution in [3.63, 3.8) is 0 Å². The number of aliphatic hydroxyl groups excluding tert-OH is 1. The molecule has 340 valence electrons. The summed E-state index contributed by atoms with van der Waals surface area (Å²) < 4.78 is 0. The number of nitrogens with two attached hydrogens (primary N) is 4. The molecule has 0 aliphatic carbocycles. The molecule has 61 heavy (non-hydrogen) atoms. The van der Waals surface area contributed by atoms with Crippen LogP contribution >= 0.6 is 11.8 Å². The highest BCUT2D eigenvalue weighted by Crippen LogP contribution is 2.07. The number of nitrogens with zero attached hydrogens (tertiary/aromatic N) is 1. The average Bonchev–Trinajstić information content (AvgIpc) is 3.19. The molecule has 17 N–H and O–H groups in total. The average molecular weight is 881 g/mol. The Hall–Kier alpha value is -6.01. The minimum atomic E-state index is -1.64. The minimum Gasteiger partial charge on any atom is -0.481 e. The van der Waals surface area contributed by atoms with Crippen molar-refractivity contribution in [3.05, 3.63) is 35.9 Å². The number of thioether (sulfide) groups is 1. The number of carbonyl (C=O) groups excluding carboxylic acids is 8. The zero-order valence-corrected chi connectivity index (χ0v) is 35.4. The zero-order valence-electron chi connectivity index (χ0n) is 34.6. The van der Waals surface area contributed by atoms with Crippen LogP contribution in [0.2, 0.25) is 0 Å². The summed E-state index contributed by atoms with van der Waals surface area (Å²) in [6.07, 6.45) is 0.0395. The number of hydrogen-bond acceptors (Lipinski definition) is 13. The molecule has 1 aromatic carbocycles. The number of aliphatic carboxylic acids is 1. The quantitative estimate of drug-likeness (QED) is 0.0213. The van der Waals surface area contributed by atoms with E-state index in [9.17, 15) is 48.3 Å². The lowest BCUT2D eigenvalue weighted by atomic mass is 10.1. The van der Waals surface area contributed by atoms with E-state index in [0.717, 1.165) is 5.56 Å². The number of carboxylic acids is 1. The van der Waals surface area contributed by atoms with E-state index < -0.39 is 108 Å². The van der Waals surface area contributed by atoms with E-state index in [1.807, 2.05) is 0 Å². The van der Waals surface area contributed by atoms with Crippen molar-refractivity contribution in [2.24, 2.45) is 27.9 Å². The molecule has 0 bridgehead atoms. The van der Waals surface area contributed by atoms with Crippen LogP contribution in [0.25, 0.3) is 0 Å². The molecule has 0 unspecified atom stereocenters. The summed E-state index contributed by atoms with van der Waals surface area (Å²) >= 11 is 1.35. The van der Waals surface area contributed by atoms with Gasteiger partial charge < -0.3 is 70.4 Å². The first-order chi connectivity index (χ1) is 28.7. The van der Waals surface area contributed by atoms with Gasteiger partial charge in [0, 0.05) is 19.4 Å². The zero-order chi connectivity index (χ0) is 46.2. The van der Waals surface area contributed by atoms with Crippen molar-refractivity contribution in [1.29, 1.82) is 0 Å². The van der Waals surface area contributed by atoms with Gasteiger partial charge >= 0.3 is 5.97 Å². The van der Waals surface area contributed by atoms with Crippen molar-refractivity contribution in [2.75, 3.05) is 25.1 Å². The van der Waals surface area contributed by atoms with Gasteiger partial charge in [0.2, 0.25) is 47.3 Å². The van der Waals surface area contributed by atoms with Gasteiger partial charge in [-0.3, -0.25) is 48.1 Å². The maximum atomic E-state index is 13.4. The molecular formula is C37H60N12O11S. The highest BCUT2D eigenvalue weighted by molar-refractivity contribution is 7.98. The van der Waals surface area contributed by atoms with Crippen LogP contribution in [0.15, 0.2) is 35.3 Å². The topological polar surface area (TPSA) is 395 Å². The Bertz CT molecular complexity index is 1700. The number of nitrogens with one attached hydrogen (secondary N) is 7. The first kappa shape index (κ1) is 53.0. The fourth-order valence-corrected chi connectivity index (χ4v) is 5.77. The third-order valence-electron chi connectivity index (χ3n) is 8.78. The predicted molar refractivity (Wildman–Crippen MR) is 225 cm³/mol. The Kier molecular flexibility index (Phi) is 24.1. The number of carboxylic acid groups (broad SMARTS) is 1. The highest BCUT2D eigenvalue weighted by Gasteiger charge is 2.33. The van der Waals surface area contributed by atoms with Crippen LogP contribution in [-0.2, 0) is 49.6 Å². The summed E-state index contributed by atoms with van der Waals surface area (Å²) in [4.78, 5) is 118. The second-order valence-corrected chi connectivity index (χ2v) is 15.0. The molecule has 24 heteroatoms. The van der Waals surface area contributed by atoms with E-state index in [4.69, 9.17) is 28.0 Å². The van der Waals surface area contributed by atoms with E-state index in [1.165, 1.54) is 32.5 Å².